The van der Waals surface area contributed by atoms with Gasteiger partial charge >= 0.3 is 0 Å². The number of fused-ring (bicyclic) bond motifs is 2. The number of aliphatic hydroxyl groups is 1. The molecule has 5 unspecified atom stereocenters. The molecule has 4 saturated carbocycles. The van der Waals surface area contributed by atoms with Gasteiger partial charge in [-0.1, -0.05) is 33.6 Å². The molecule has 4 aliphatic carbocycles. The quantitative estimate of drug-likeness (QED) is 0.830. The molecule has 4 fully saturated rings. The van der Waals surface area contributed by atoms with E-state index >= 15 is 0 Å². The highest BCUT2D eigenvalue weighted by Gasteiger charge is 2.64. The zero-order valence-electron chi connectivity index (χ0n) is 13.3. The minimum absolute atomic E-state index is 0.0885. The van der Waals surface area contributed by atoms with Crippen LogP contribution < -0.4 is 0 Å². The van der Waals surface area contributed by atoms with E-state index in [2.05, 4.69) is 20.8 Å². The molecule has 20 heavy (non-hydrogen) atoms. The van der Waals surface area contributed by atoms with Gasteiger partial charge in [-0.3, -0.25) is 0 Å². The minimum Gasteiger partial charge on any atom is -0.392 e. The highest BCUT2D eigenvalue weighted by Crippen LogP contribution is 2.67. The summed E-state index contributed by atoms with van der Waals surface area (Å²) in [6.45, 7) is 7.37. The van der Waals surface area contributed by atoms with Crippen molar-refractivity contribution in [1.82, 2.24) is 0 Å². The Kier molecular flexibility index (Phi) is 2.72. The van der Waals surface area contributed by atoms with Gasteiger partial charge in [0.2, 0.25) is 0 Å². The fraction of sp³-hybridized carbons (Fsp3) is 1.00. The van der Waals surface area contributed by atoms with Crippen LogP contribution in [-0.2, 0) is 4.74 Å². The van der Waals surface area contributed by atoms with Gasteiger partial charge in [0, 0.05) is 11.8 Å². The Bertz CT molecular complexity index is 410. The first-order valence-electron chi connectivity index (χ1n) is 8.74. The Morgan fingerprint density at radius 3 is 2.15 bits per heavy atom. The maximum Gasteiger partial charge on any atom is 0.0684 e. The third kappa shape index (κ3) is 1.43. The molecule has 4 aliphatic rings. The molecular formula is C18H30O2. The van der Waals surface area contributed by atoms with Crippen LogP contribution in [0.5, 0.6) is 0 Å². The maximum absolute atomic E-state index is 10.3. The van der Waals surface area contributed by atoms with Crippen LogP contribution in [0.25, 0.3) is 0 Å². The molecule has 0 saturated heterocycles. The zero-order chi connectivity index (χ0) is 14.2. The van der Waals surface area contributed by atoms with Crippen molar-refractivity contribution in [3.8, 4) is 0 Å². The van der Waals surface area contributed by atoms with Gasteiger partial charge in [-0.2, -0.15) is 0 Å². The van der Waals surface area contributed by atoms with Crippen molar-refractivity contribution in [2.45, 2.75) is 90.4 Å². The summed E-state index contributed by atoms with van der Waals surface area (Å²) in [6, 6.07) is 0. The van der Waals surface area contributed by atoms with Crippen molar-refractivity contribution in [2.24, 2.45) is 22.2 Å². The summed E-state index contributed by atoms with van der Waals surface area (Å²) >= 11 is 0. The van der Waals surface area contributed by atoms with Gasteiger partial charge in [0.15, 0.2) is 0 Å². The first-order chi connectivity index (χ1) is 9.40. The van der Waals surface area contributed by atoms with Gasteiger partial charge in [0.25, 0.3) is 0 Å². The molecule has 114 valence electrons. The molecule has 5 atom stereocenters. The van der Waals surface area contributed by atoms with Crippen molar-refractivity contribution < 1.29 is 9.84 Å². The van der Waals surface area contributed by atoms with Crippen LogP contribution in [0.1, 0.15) is 72.1 Å². The topological polar surface area (TPSA) is 29.5 Å². The molecule has 1 N–H and O–H groups in total. The molecule has 0 aromatic heterocycles. The fourth-order valence-corrected chi connectivity index (χ4v) is 6.14. The third-order valence-electron chi connectivity index (χ3n) is 8.32. The highest BCUT2D eigenvalue weighted by atomic mass is 16.5. The number of rotatable bonds is 2. The van der Waals surface area contributed by atoms with Gasteiger partial charge in [0.05, 0.1) is 18.3 Å². The lowest BCUT2D eigenvalue weighted by molar-refractivity contribution is -0.225. The molecular weight excluding hydrogens is 248 g/mol. The normalized spacial score (nSPS) is 51.6. The molecule has 2 nitrogen and oxygen atoms in total. The van der Waals surface area contributed by atoms with Crippen LogP contribution in [-0.4, -0.2) is 23.4 Å². The molecule has 0 heterocycles. The van der Waals surface area contributed by atoms with Crippen LogP contribution in [0.15, 0.2) is 0 Å². The van der Waals surface area contributed by atoms with E-state index in [0.717, 1.165) is 12.3 Å². The van der Waals surface area contributed by atoms with Crippen molar-refractivity contribution >= 4 is 0 Å². The average molecular weight is 278 g/mol. The Hall–Kier alpha value is -0.0800. The van der Waals surface area contributed by atoms with E-state index in [-0.39, 0.29) is 11.5 Å². The first kappa shape index (κ1) is 13.6. The van der Waals surface area contributed by atoms with Crippen LogP contribution in [0.4, 0.5) is 0 Å². The lowest BCUT2D eigenvalue weighted by Crippen LogP contribution is -2.58. The third-order valence-corrected chi connectivity index (χ3v) is 8.32. The first-order valence-corrected chi connectivity index (χ1v) is 8.74. The van der Waals surface area contributed by atoms with Crippen LogP contribution in [0.3, 0.4) is 0 Å². The van der Waals surface area contributed by atoms with Crippen LogP contribution in [0.2, 0.25) is 0 Å². The van der Waals surface area contributed by atoms with E-state index in [4.69, 9.17) is 4.74 Å². The molecule has 2 heteroatoms. The van der Waals surface area contributed by atoms with Crippen molar-refractivity contribution in [3.63, 3.8) is 0 Å². The van der Waals surface area contributed by atoms with E-state index in [1.165, 1.54) is 44.9 Å². The number of ether oxygens (including phenoxy) is 1. The minimum atomic E-state index is -0.0885. The van der Waals surface area contributed by atoms with Crippen LogP contribution in [0, 0.1) is 22.2 Å². The molecule has 1 spiro atoms. The number of hydrogen-bond donors (Lipinski definition) is 1. The van der Waals surface area contributed by atoms with Gasteiger partial charge in [-0.15, -0.1) is 0 Å². The number of hydrogen-bond acceptors (Lipinski definition) is 2. The van der Waals surface area contributed by atoms with Crippen molar-refractivity contribution in [3.05, 3.63) is 0 Å². The SMILES string of the molecule is CC1(C)C2CCC1(C)C(OC1CC(O)C13CCCC3)C2. The van der Waals surface area contributed by atoms with E-state index in [0.29, 0.717) is 23.0 Å². The zero-order valence-corrected chi connectivity index (χ0v) is 13.3. The Labute approximate surface area is 123 Å². The molecule has 0 aromatic rings. The second-order valence-electron chi connectivity index (χ2n) is 8.92. The fourth-order valence-electron chi connectivity index (χ4n) is 6.14. The van der Waals surface area contributed by atoms with Crippen molar-refractivity contribution in [1.29, 1.82) is 0 Å². The van der Waals surface area contributed by atoms with Gasteiger partial charge < -0.3 is 9.84 Å². The molecule has 0 aromatic carbocycles. The lowest BCUT2D eigenvalue weighted by Gasteiger charge is -2.54. The predicted octanol–water partition coefficient (Wildman–Crippen LogP) is 3.91. The van der Waals surface area contributed by atoms with Crippen LogP contribution >= 0.6 is 0 Å². The molecule has 4 rings (SSSR count). The Balaban J connectivity index is 1.51. The monoisotopic (exact) mass is 278 g/mol. The highest BCUT2D eigenvalue weighted by molar-refractivity contribution is 5.13. The molecule has 0 aliphatic heterocycles. The predicted molar refractivity (Wildman–Crippen MR) is 79.4 cm³/mol. The molecule has 0 amide bonds. The second kappa shape index (κ2) is 4.01. The summed E-state index contributed by atoms with van der Waals surface area (Å²) in [4.78, 5) is 0. The summed E-state index contributed by atoms with van der Waals surface area (Å²) in [5.74, 6) is 0.849. The van der Waals surface area contributed by atoms with Gasteiger partial charge in [-0.25, -0.2) is 0 Å². The Morgan fingerprint density at radius 2 is 1.65 bits per heavy atom. The van der Waals surface area contributed by atoms with E-state index in [1.807, 2.05) is 0 Å². The summed E-state index contributed by atoms with van der Waals surface area (Å²) in [5.41, 5.74) is 0.934. The smallest absolute Gasteiger partial charge is 0.0684 e. The van der Waals surface area contributed by atoms with Gasteiger partial charge in [-0.05, 0) is 48.9 Å². The largest absolute Gasteiger partial charge is 0.392 e. The van der Waals surface area contributed by atoms with E-state index in [9.17, 15) is 5.11 Å². The standard InChI is InChI=1S/C18H30O2/c1-16(2)12-6-9-17(16,3)14(10-12)20-15-11-13(19)18(15)7-4-5-8-18/h12-15,19H,4-11H2,1-3H3. The Morgan fingerprint density at radius 1 is 0.950 bits per heavy atom. The van der Waals surface area contributed by atoms with E-state index in [1.54, 1.807) is 0 Å². The summed E-state index contributed by atoms with van der Waals surface area (Å²) in [5, 5.41) is 10.3. The molecule has 0 radical (unpaired) electrons. The second-order valence-corrected chi connectivity index (χ2v) is 8.92. The summed E-state index contributed by atoms with van der Waals surface area (Å²) < 4.78 is 6.67. The summed E-state index contributed by atoms with van der Waals surface area (Å²) in [7, 11) is 0. The lowest BCUT2D eigenvalue weighted by atomic mass is 9.62. The van der Waals surface area contributed by atoms with Gasteiger partial charge in [0.1, 0.15) is 0 Å². The summed E-state index contributed by atoms with van der Waals surface area (Å²) in [6.07, 6.45) is 10.5. The van der Waals surface area contributed by atoms with Crippen molar-refractivity contribution in [2.75, 3.05) is 0 Å². The molecule has 2 bridgehead atoms. The number of aliphatic hydroxyl groups excluding tert-OH is 1. The average Bonchev–Trinajstić information content (AvgIpc) is 3.03. The van der Waals surface area contributed by atoms with E-state index < -0.39 is 0 Å². The maximum atomic E-state index is 10.3.